The van der Waals surface area contributed by atoms with Gasteiger partial charge < -0.3 is 10.6 Å². The molecule has 0 aliphatic carbocycles. The number of nitrogens with one attached hydrogen (secondary N) is 2. The number of fused-ring (bicyclic) bond motifs is 1. The fraction of sp³-hybridized carbons (Fsp3) is 0.308. The Bertz CT molecular complexity index is 499. The Kier molecular flexibility index (Phi) is 4.18. The number of nitrogens with zero attached hydrogens (tertiary/aromatic N) is 1. The average molecular weight is 250 g/mol. The maximum Gasteiger partial charge on any atom is 0.0908 e. The van der Waals surface area contributed by atoms with Gasteiger partial charge in [0.15, 0.2) is 0 Å². The molecule has 0 amide bonds. The Morgan fingerprint density at radius 2 is 2.12 bits per heavy atom. The molecule has 0 spiro atoms. The van der Waals surface area contributed by atoms with Gasteiger partial charge in [0.05, 0.1) is 10.5 Å². The first-order valence-electron chi connectivity index (χ1n) is 5.74. The zero-order chi connectivity index (χ0) is 12.1. The molecule has 17 heavy (non-hydrogen) atoms. The molecular formula is C13H16ClN3. The van der Waals surface area contributed by atoms with Crippen LogP contribution < -0.4 is 10.6 Å². The van der Waals surface area contributed by atoms with Crippen LogP contribution in [0.3, 0.4) is 0 Å². The summed E-state index contributed by atoms with van der Waals surface area (Å²) in [6.45, 7) is 1.95. The van der Waals surface area contributed by atoms with E-state index in [-0.39, 0.29) is 0 Å². The fourth-order valence-corrected chi connectivity index (χ4v) is 2.01. The smallest absolute Gasteiger partial charge is 0.0908 e. The van der Waals surface area contributed by atoms with Crippen LogP contribution in [0, 0.1) is 0 Å². The van der Waals surface area contributed by atoms with E-state index < -0.39 is 0 Å². The molecule has 0 bridgehead atoms. The standard InChI is InChI=1S/C13H16ClN3/c1-15-7-3-8-16-12-6-9-17-13-10(12)4-2-5-11(13)14/h2,4-6,9,15H,3,7-8H2,1H3,(H,16,17). The highest BCUT2D eigenvalue weighted by Gasteiger charge is 2.03. The Labute approximate surface area is 106 Å². The lowest BCUT2D eigenvalue weighted by atomic mass is 10.2. The molecule has 1 heterocycles. The van der Waals surface area contributed by atoms with Crippen LogP contribution in [0.2, 0.25) is 5.02 Å². The number of hydrogen-bond donors (Lipinski definition) is 2. The lowest BCUT2D eigenvalue weighted by molar-refractivity contribution is 0.748. The quantitative estimate of drug-likeness (QED) is 0.800. The van der Waals surface area contributed by atoms with Crippen molar-refractivity contribution >= 4 is 28.2 Å². The topological polar surface area (TPSA) is 37.0 Å². The predicted octanol–water partition coefficient (Wildman–Crippen LogP) is 2.91. The van der Waals surface area contributed by atoms with E-state index in [0.717, 1.165) is 36.1 Å². The highest BCUT2D eigenvalue weighted by atomic mass is 35.5. The van der Waals surface area contributed by atoms with Crippen molar-refractivity contribution in [2.45, 2.75) is 6.42 Å². The van der Waals surface area contributed by atoms with E-state index in [0.29, 0.717) is 5.02 Å². The predicted molar refractivity (Wildman–Crippen MR) is 73.8 cm³/mol. The minimum absolute atomic E-state index is 0.696. The van der Waals surface area contributed by atoms with Crippen molar-refractivity contribution in [3.63, 3.8) is 0 Å². The van der Waals surface area contributed by atoms with Gasteiger partial charge in [-0.2, -0.15) is 0 Å². The van der Waals surface area contributed by atoms with Crippen LogP contribution in [0.25, 0.3) is 10.9 Å². The summed E-state index contributed by atoms with van der Waals surface area (Å²) in [7, 11) is 1.96. The summed E-state index contributed by atoms with van der Waals surface area (Å²) in [6.07, 6.45) is 2.87. The molecule has 1 aromatic carbocycles. The molecule has 2 rings (SSSR count). The number of aromatic nitrogens is 1. The molecule has 0 unspecified atom stereocenters. The number of anilines is 1. The number of hydrogen-bond acceptors (Lipinski definition) is 3. The van der Waals surface area contributed by atoms with Crippen molar-refractivity contribution < 1.29 is 0 Å². The van der Waals surface area contributed by atoms with Gasteiger partial charge in [-0.15, -0.1) is 0 Å². The Hall–Kier alpha value is -1.32. The molecule has 0 radical (unpaired) electrons. The SMILES string of the molecule is CNCCCNc1ccnc2c(Cl)cccc12. The average Bonchev–Trinajstić information content (AvgIpc) is 2.36. The second-order valence-electron chi connectivity index (χ2n) is 3.88. The largest absolute Gasteiger partial charge is 0.384 e. The Morgan fingerprint density at radius 1 is 1.24 bits per heavy atom. The molecule has 90 valence electrons. The van der Waals surface area contributed by atoms with Crippen LogP contribution in [-0.2, 0) is 0 Å². The van der Waals surface area contributed by atoms with E-state index in [1.165, 1.54) is 0 Å². The summed E-state index contributed by atoms with van der Waals surface area (Å²) in [5.74, 6) is 0. The molecule has 0 saturated carbocycles. The van der Waals surface area contributed by atoms with E-state index in [2.05, 4.69) is 15.6 Å². The molecule has 4 heteroatoms. The van der Waals surface area contributed by atoms with Gasteiger partial charge in [-0.3, -0.25) is 4.98 Å². The second kappa shape index (κ2) is 5.84. The Morgan fingerprint density at radius 3 is 2.94 bits per heavy atom. The molecule has 0 aliphatic rings. The van der Waals surface area contributed by atoms with Crippen molar-refractivity contribution in [3.8, 4) is 0 Å². The van der Waals surface area contributed by atoms with Crippen LogP contribution in [0.4, 0.5) is 5.69 Å². The third kappa shape index (κ3) is 2.87. The fourth-order valence-electron chi connectivity index (χ4n) is 1.78. The lowest BCUT2D eigenvalue weighted by Gasteiger charge is -2.09. The van der Waals surface area contributed by atoms with Gasteiger partial charge >= 0.3 is 0 Å². The summed E-state index contributed by atoms with van der Waals surface area (Å²) in [5, 5.41) is 8.31. The van der Waals surface area contributed by atoms with E-state index in [1.807, 2.05) is 31.3 Å². The minimum atomic E-state index is 0.696. The van der Waals surface area contributed by atoms with Gasteiger partial charge in [0.2, 0.25) is 0 Å². The highest BCUT2D eigenvalue weighted by molar-refractivity contribution is 6.35. The van der Waals surface area contributed by atoms with Gasteiger partial charge in [0.25, 0.3) is 0 Å². The van der Waals surface area contributed by atoms with Crippen LogP contribution in [0.1, 0.15) is 6.42 Å². The first-order valence-corrected chi connectivity index (χ1v) is 6.12. The molecule has 0 aliphatic heterocycles. The highest BCUT2D eigenvalue weighted by Crippen LogP contribution is 2.26. The third-order valence-electron chi connectivity index (χ3n) is 2.64. The first kappa shape index (κ1) is 12.1. The van der Waals surface area contributed by atoms with Crippen LogP contribution in [0.15, 0.2) is 30.5 Å². The van der Waals surface area contributed by atoms with E-state index >= 15 is 0 Å². The molecule has 3 nitrogen and oxygen atoms in total. The van der Waals surface area contributed by atoms with Crippen molar-refractivity contribution in [3.05, 3.63) is 35.5 Å². The molecule has 0 saturated heterocycles. The van der Waals surface area contributed by atoms with Crippen molar-refractivity contribution in [2.75, 3.05) is 25.5 Å². The van der Waals surface area contributed by atoms with Crippen molar-refractivity contribution in [2.24, 2.45) is 0 Å². The van der Waals surface area contributed by atoms with Crippen molar-refractivity contribution in [1.29, 1.82) is 0 Å². The zero-order valence-corrected chi connectivity index (χ0v) is 10.6. The number of halogens is 1. The summed E-state index contributed by atoms with van der Waals surface area (Å²) < 4.78 is 0. The third-order valence-corrected chi connectivity index (χ3v) is 2.95. The molecule has 2 aromatic rings. The number of pyridine rings is 1. The first-order chi connectivity index (χ1) is 8.33. The minimum Gasteiger partial charge on any atom is -0.384 e. The maximum absolute atomic E-state index is 6.11. The molecule has 0 atom stereocenters. The van der Waals surface area contributed by atoms with Crippen LogP contribution in [-0.4, -0.2) is 25.1 Å². The van der Waals surface area contributed by atoms with Gasteiger partial charge in [0.1, 0.15) is 0 Å². The molecular weight excluding hydrogens is 234 g/mol. The van der Waals surface area contributed by atoms with Gasteiger partial charge in [-0.25, -0.2) is 0 Å². The maximum atomic E-state index is 6.11. The summed E-state index contributed by atoms with van der Waals surface area (Å²) in [6, 6.07) is 7.83. The van der Waals surface area contributed by atoms with Crippen LogP contribution in [0.5, 0.6) is 0 Å². The molecule has 0 fully saturated rings. The Balaban J connectivity index is 2.19. The number of para-hydroxylation sites is 1. The van der Waals surface area contributed by atoms with E-state index in [9.17, 15) is 0 Å². The summed E-state index contributed by atoms with van der Waals surface area (Å²) in [4.78, 5) is 4.30. The van der Waals surface area contributed by atoms with Gasteiger partial charge in [-0.1, -0.05) is 23.7 Å². The normalized spacial score (nSPS) is 10.7. The molecule has 1 aromatic heterocycles. The van der Waals surface area contributed by atoms with E-state index in [1.54, 1.807) is 6.20 Å². The zero-order valence-electron chi connectivity index (χ0n) is 9.83. The molecule has 2 N–H and O–H groups in total. The number of rotatable bonds is 5. The van der Waals surface area contributed by atoms with Crippen molar-refractivity contribution in [1.82, 2.24) is 10.3 Å². The second-order valence-corrected chi connectivity index (χ2v) is 4.29. The number of benzene rings is 1. The van der Waals surface area contributed by atoms with Gasteiger partial charge in [0, 0.05) is 23.8 Å². The summed E-state index contributed by atoms with van der Waals surface area (Å²) in [5.41, 5.74) is 1.95. The lowest BCUT2D eigenvalue weighted by Crippen LogP contribution is -2.13. The monoisotopic (exact) mass is 249 g/mol. The van der Waals surface area contributed by atoms with Crippen LogP contribution >= 0.6 is 11.6 Å². The summed E-state index contributed by atoms with van der Waals surface area (Å²) >= 11 is 6.11. The van der Waals surface area contributed by atoms with E-state index in [4.69, 9.17) is 11.6 Å². The van der Waals surface area contributed by atoms with Gasteiger partial charge in [-0.05, 0) is 32.1 Å².